The van der Waals surface area contributed by atoms with Gasteiger partial charge in [0.1, 0.15) is 11.7 Å². The van der Waals surface area contributed by atoms with E-state index in [1.807, 2.05) is 19.1 Å². The lowest BCUT2D eigenvalue weighted by Crippen LogP contribution is -2.57. The molecule has 0 spiro atoms. The molecule has 1 fully saturated rings. The molecular weight excluding hydrogens is 335 g/mol. The monoisotopic (exact) mass is 351 g/mol. The van der Waals surface area contributed by atoms with E-state index >= 15 is 0 Å². The average molecular weight is 351 g/mol. The van der Waals surface area contributed by atoms with E-state index in [1.165, 1.54) is 17.2 Å². The summed E-state index contributed by atoms with van der Waals surface area (Å²) in [5.74, 6) is -0.460. The number of pyridine rings is 1. The molecule has 0 saturated carbocycles. The van der Waals surface area contributed by atoms with Crippen molar-refractivity contribution >= 4 is 11.7 Å². The minimum absolute atomic E-state index is 0.200. The lowest BCUT2D eigenvalue weighted by molar-refractivity contribution is -0.140. The van der Waals surface area contributed by atoms with Gasteiger partial charge >= 0.3 is 12.2 Å². The first-order valence-corrected chi connectivity index (χ1v) is 7.64. The second-order valence-corrected chi connectivity index (χ2v) is 5.79. The molecule has 0 unspecified atom stereocenters. The number of aryl methyl sites for hydroxylation is 1. The third kappa shape index (κ3) is 4.01. The molecule has 2 amide bonds. The first-order valence-electron chi connectivity index (χ1n) is 7.64. The number of likely N-dealkylation sites (tertiary alicyclic amines) is 1. The number of halogens is 3. The Bertz CT molecular complexity index is 756. The average Bonchev–Trinajstić information content (AvgIpc) is 2.52. The van der Waals surface area contributed by atoms with Crippen molar-refractivity contribution in [3.8, 4) is 5.88 Å². The van der Waals surface area contributed by atoms with Crippen LogP contribution in [-0.2, 0) is 6.18 Å². The van der Waals surface area contributed by atoms with Crippen molar-refractivity contribution in [1.82, 2.24) is 9.88 Å². The molecule has 1 saturated heterocycles. The highest BCUT2D eigenvalue weighted by Gasteiger charge is 2.38. The van der Waals surface area contributed by atoms with Gasteiger partial charge in [0, 0.05) is 11.9 Å². The third-order valence-corrected chi connectivity index (χ3v) is 3.79. The fraction of sp³-hybridized carbons (Fsp3) is 0.294. The maximum atomic E-state index is 12.9. The number of urea groups is 1. The normalized spacial score (nSPS) is 14.8. The van der Waals surface area contributed by atoms with Crippen LogP contribution in [-0.4, -0.2) is 35.1 Å². The molecule has 1 N–H and O–H groups in total. The van der Waals surface area contributed by atoms with E-state index in [9.17, 15) is 18.0 Å². The van der Waals surface area contributed by atoms with Crippen molar-refractivity contribution in [2.45, 2.75) is 19.2 Å². The minimum atomic E-state index is -4.53. The summed E-state index contributed by atoms with van der Waals surface area (Å²) in [5, 5.41) is 2.73. The molecule has 2 aromatic rings. The highest BCUT2D eigenvalue weighted by atomic mass is 19.4. The van der Waals surface area contributed by atoms with Gasteiger partial charge in [-0.1, -0.05) is 17.7 Å². The van der Waals surface area contributed by atoms with Crippen LogP contribution in [0, 0.1) is 6.92 Å². The fourth-order valence-corrected chi connectivity index (χ4v) is 2.38. The number of nitrogens with one attached hydrogen (secondary N) is 1. The third-order valence-electron chi connectivity index (χ3n) is 3.79. The van der Waals surface area contributed by atoms with Gasteiger partial charge in [0.05, 0.1) is 13.1 Å². The number of anilines is 1. The summed E-state index contributed by atoms with van der Waals surface area (Å²) in [6.45, 7) is 2.34. The molecular formula is C17H16F3N3O2. The van der Waals surface area contributed by atoms with E-state index in [1.54, 1.807) is 12.1 Å². The van der Waals surface area contributed by atoms with Crippen molar-refractivity contribution in [3.63, 3.8) is 0 Å². The molecule has 3 rings (SSSR count). The van der Waals surface area contributed by atoms with E-state index in [4.69, 9.17) is 4.74 Å². The zero-order chi connectivity index (χ0) is 18.0. The SMILES string of the molecule is Cc1ccc(NC(=O)N2CC(Oc3ncccc3C(F)(F)F)C2)cc1. The lowest BCUT2D eigenvalue weighted by Gasteiger charge is -2.38. The lowest BCUT2D eigenvalue weighted by atomic mass is 10.1. The Balaban J connectivity index is 1.55. The molecule has 132 valence electrons. The molecule has 25 heavy (non-hydrogen) atoms. The number of carbonyl (C=O) groups excluding carboxylic acids is 1. The quantitative estimate of drug-likeness (QED) is 0.917. The Morgan fingerprint density at radius 3 is 2.56 bits per heavy atom. The maximum Gasteiger partial charge on any atom is 0.421 e. The van der Waals surface area contributed by atoms with Crippen LogP contribution in [0.5, 0.6) is 5.88 Å². The molecule has 1 aliphatic rings. The number of aromatic nitrogens is 1. The molecule has 1 aliphatic heterocycles. The van der Waals surface area contributed by atoms with Crippen LogP contribution in [0.2, 0.25) is 0 Å². The van der Waals surface area contributed by atoms with Gasteiger partial charge in [0.2, 0.25) is 5.88 Å². The van der Waals surface area contributed by atoms with Crippen molar-refractivity contribution in [3.05, 3.63) is 53.7 Å². The van der Waals surface area contributed by atoms with Gasteiger partial charge in [-0.05, 0) is 31.2 Å². The second kappa shape index (κ2) is 6.62. The van der Waals surface area contributed by atoms with E-state index in [-0.39, 0.29) is 19.1 Å². The Morgan fingerprint density at radius 2 is 1.92 bits per heavy atom. The number of hydrogen-bond donors (Lipinski definition) is 1. The van der Waals surface area contributed by atoms with Gasteiger partial charge in [-0.3, -0.25) is 0 Å². The molecule has 5 nitrogen and oxygen atoms in total. The second-order valence-electron chi connectivity index (χ2n) is 5.79. The number of amides is 2. The predicted molar refractivity (Wildman–Crippen MR) is 85.4 cm³/mol. The zero-order valence-corrected chi connectivity index (χ0v) is 13.4. The van der Waals surface area contributed by atoms with Crippen molar-refractivity contribution in [2.24, 2.45) is 0 Å². The largest absolute Gasteiger partial charge is 0.470 e. The number of ether oxygens (including phenoxy) is 1. The smallest absolute Gasteiger partial charge is 0.421 e. The van der Waals surface area contributed by atoms with Gasteiger partial charge in [0.25, 0.3) is 0 Å². The minimum Gasteiger partial charge on any atom is -0.470 e. The van der Waals surface area contributed by atoms with Crippen LogP contribution in [0.15, 0.2) is 42.6 Å². The van der Waals surface area contributed by atoms with Crippen LogP contribution in [0.3, 0.4) is 0 Å². The molecule has 0 atom stereocenters. The van der Waals surface area contributed by atoms with Gasteiger partial charge in [-0.25, -0.2) is 9.78 Å². The Kier molecular flexibility index (Phi) is 4.52. The van der Waals surface area contributed by atoms with Crippen LogP contribution in [0.25, 0.3) is 0 Å². The van der Waals surface area contributed by atoms with Crippen LogP contribution < -0.4 is 10.1 Å². The van der Waals surface area contributed by atoms with Crippen LogP contribution in [0.4, 0.5) is 23.7 Å². The van der Waals surface area contributed by atoms with Crippen molar-refractivity contribution in [1.29, 1.82) is 0 Å². The summed E-state index contributed by atoms with van der Waals surface area (Å²) >= 11 is 0. The molecule has 8 heteroatoms. The number of rotatable bonds is 3. The van der Waals surface area contributed by atoms with Gasteiger partial charge in [0.15, 0.2) is 0 Å². The molecule has 0 radical (unpaired) electrons. The van der Waals surface area contributed by atoms with E-state index in [0.29, 0.717) is 5.69 Å². The first-order chi connectivity index (χ1) is 11.8. The number of benzene rings is 1. The van der Waals surface area contributed by atoms with Gasteiger partial charge in [-0.2, -0.15) is 13.2 Å². The summed E-state index contributed by atoms with van der Waals surface area (Å²) < 4.78 is 44.0. The molecule has 1 aromatic carbocycles. The van der Waals surface area contributed by atoms with Gasteiger partial charge < -0.3 is 15.0 Å². The van der Waals surface area contributed by atoms with E-state index in [0.717, 1.165) is 11.6 Å². The van der Waals surface area contributed by atoms with Crippen molar-refractivity contribution in [2.75, 3.05) is 18.4 Å². The maximum absolute atomic E-state index is 12.9. The van der Waals surface area contributed by atoms with E-state index in [2.05, 4.69) is 10.3 Å². The van der Waals surface area contributed by atoms with Crippen LogP contribution in [0.1, 0.15) is 11.1 Å². The summed E-state index contributed by atoms with van der Waals surface area (Å²) in [7, 11) is 0. The molecule has 2 heterocycles. The summed E-state index contributed by atoms with van der Waals surface area (Å²) in [5.41, 5.74) is 0.813. The summed E-state index contributed by atoms with van der Waals surface area (Å²) in [6.07, 6.45) is -3.80. The standard InChI is InChI=1S/C17H16F3N3O2/c1-11-4-6-12(7-5-11)22-16(24)23-9-13(10-23)25-15-14(17(18,19)20)3-2-8-21-15/h2-8,13H,9-10H2,1H3,(H,22,24). The summed E-state index contributed by atoms with van der Waals surface area (Å²) in [4.78, 5) is 17.2. The zero-order valence-electron chi connectivity index (χ0n) is 13.4. The number of carbonyl (C=O) groups is 1. The molecule has 1 aromatic heterocycles. The van der Waals surface area contributed by atoms with E-state index < -0.39 is 23.7 Å². The molecule has 0 aliphatic carbocycles. The highest BCUT2D eigenvalue weighted by molar-refractivity contribution is 5.89. The van der Waals surface area contributed by atoms with Crippen molar-refractivity contribution < 1.29 is 22.7 Å². The fourth-order valence-electron chi connectivity index (χ4n) is 2.38. The van der Waals surface area contributed by atoms with Gasteiger partial charge in [-0.15, -0.1) is 0 Å². The Labute approximate surface area is 142 Å². The first kappa shape index (κ1) is 17.1. The topological polar surface area (TPSA) is 54.5 Å². The van der Waals surface area contributed by atoms with Crippen LogP contribution >= 0.6 is 0 Å². The number of hydrogen-bond acceptors (Lipinski definition) is 3. The predicted octanol–water partition coefficient (Wildman–Crippen LogP) is 3.70. The molecule has 0 bridgehead atoms. The Hall–Kier alpha value is -2.77. The number of alkyl halides is 3. The highest BCUT2D eigenvalue weighted by Crippen LogP contribution is 2.35. The summed E-state index contributed by atoms with van der Waals surface area (Å²) in [6, 6.07) is 9.12. The Morgan fingerprint density at radius 1 is 1.24 bits per heavy atom. The number of nitrogens with zero attached hydrogens (tertiary/aromatic N) is 2.